The molecule has 0 saturated carbocycles. The molecular formula is C24H26O5. The predicted octanol–water partition coefficient (Wildman–Crippen LogP) is 4.79. The van der Waals surface area contributed by atoms with Gasteiger partial charge in [0, 0.05) is 12.3 Å². The van der Waals surface area contributed by atoms with Crippen LogP contribution in [-0.4, -0.2) is 29.9 Å². The molecule has 1 heterocycles. The molecule has 152 valence electrons. The Labute approximate surface area is 171 Å². The van der Waals surface area contributed by atoms with Gasteiger partial charge in [0.05, 0.1) is 17.2 Å². The van der Waals surface area contributed by atoms with Crippen LogP contribution in [-0.2, 0) is 14.2 Å². The van der Waals surface area contributed by atoms with Gasteiger partial charge in [-0.05, 0) is 30.7 Å². The van der Waals surface area contributed by atoms with Crippen molar-refractivity contribution in [2.75, 3.05) is 0 Å². The van der Waals surface area contributed by atoms with E-state index in [1.165, 1.54) is 0 Å². The molecule has 0 aromatic heterocycles. The van der Waals surface area contributed by atoms with E-state index >= 15 is 0 Å². The summed E-state index contributed by atoms with van der Waals surface area (Å²) in [4.78, 5) is 25.6. The first-order valence-corrected chi connectivity index (χ1v) is 9.82. The third kappa shape index (κ3) is 4.25. The zero-order chi connectivity index (χ0) is 20.9. The predicted molar refractivity (Wildman–Crippen MR) is 109 cm³/mol. The van der Waals surface area contributed by atoms with Gasteiger partial charge in [-0.15, -0.1) is 6.58 Å². The molecule has 1 fully saturated rings. The number of ether oxygens (including phenoxy) is 3. The van der Waals surface area contributed by atoms with Crippen LogP contribution in [0.15, 0.2) is 73.3 Å². The third-order valence-corrected chi connectivity index (χ3v) is 5.41. The van der Waals surface area contributed by atoms with Crippen LogP contribution in [0.2, 0.25) is 0 Å². The molecule has 0 N–H and O–H groups in total. The number of benzene rings is 2. The SMILES string of the molecule is C=CC[C@]1(OC(=O)c2ccccc2)C(OC(=O)c2ccccc2)OC(CC)[C@H]1C. The van der Waals surface area contributed by atoms with E-state index in [-0.39, 0.29) is 12.0 Å². The van der Waals surface area contributed by atoms with Crippen LogP contribution in [0.3, 0.4) is 0 Å². The molecule has 1 aliphatic rings. The minimum atomic E-state index is -1.15. The number of rotatable bonds is 7. The molecule has 29 heavy (non-hydrogen) atoms. The topological polar surface area (TPSA) is 61.8 Å². The number of carbonyl (C=O) groups excluding carboxylic acids is 2. The van der Waals surface area contributed by atoms with E-state index in [2.05, 4.69) is 6.58 Å². The first-order chi connectivity index (χ1) is 14.0. The van der Waals surface area contributed by atoms with Crippen molar-refractivity contribution >= 4 is 11.9 Å². The first kappa shape index (κ1) is 20.8. The van der Waals surface area contributed by atoms with Crippen LogP contribution < -0.4 is 0 Å². The van der Waals surface area contributed by atoms with Crippen molar-refractivity contribution in [3.8, 4) is 0 Å². The van der Waals surface area contributed by atoms with Crippen molar-refractivity contribution < 1.29 is 23.8 Å². The van der Waals surface area contributed by atoms with Gasteiger partial charge in [-0.2, -0.15) is 0 Å². The highest BCUT2D eigenvalue weighted by Crippen LogP contribution is 2.44. The maximum Gasteiger partial charge on any atom is 0.340 e. The molecule has 2 aromatic carbocycles. The summed E-state index contributed by atoms with van der Waals surface area (Å²) in [5, 5.41) is 0. The van der Waals surface area contributed by atoms with Crippen molar-refractivity contribution in [1.29, 1.82) is 0 Å². The van der Waals surface area contributed by atoms with E-state index in [9.17, 15) is 9.59 Å². The van der Waals surface area contributed by atoms with Crippen LogP contribution in [0.5, 0.6) is 0 Å². The van der Waals surface area contributed by atoms with E-state index in [1.54, 1.807) is 54.6 Å². The molecule has 4 atom stereocenters. The fourth-order valence-electron chi connectivity index (χ4n) is 3.73. The lowest BCUT2D eigenvalue weighted by atomic mass is 9.83. The standard InChI is InChI=1S/C24H26O5/c1-4-16-24(29-22(26)19-14-10-7-11-15-19)17(3)20(5-2)27-23(24)28-21(25)18-12-8-6-9-13-18/h4,6-15,17,20,23H,1,5,16H2,2-3H3/t17-,20?,23?,24-/m1/s1. The van der Waals surface area contributed by atoms with Crippen molar-refractivity contribution in [3.63, 3.8) is 0 Å². The van der Waals surface area contributed by atoms with E-state index in [0.29, 0.717) is 24.0 Å². The summed E-state index contributed by atoms with van der Waals surface area (Å²) in [7, 11) is 0. The van der Waals surface area contributed by atoms with E-state index < -0.39 is 23.8 Å². The maximum atomic E-state index is 12.9. The molecule has 0 aliphatic carbocycles. The van der Waals surface area contributed by atoms with Gasteiger partial charge in [0.25, 0.3) is 0 Å². The minimum Gasteiger partial charge on any atom is -0.448 e. The molecule has 3 rings (SSSR count). The molecule has 0 spiro atoms. The normalized spacial score (nSPS) is 25.9. The maximum absolute atomic E-state index is 12.9. The summed E-state index contributed by atoms with van der Waals surface area (Å²) in [6, 6.07) is 17.4. The summed E-state index contributed by atoms with van der Waals surface area (Å²) < 4.78 is 17.8. The van der Waals surface area contributed by atoms with Crippen molar-refractivity contribution in [2.45, 2.75) is 44.7 Å². The Balaban J connectivity index is 1.92. The third-order valence-electron chi connectivity index (χ3n) is 5.41. The Morgan fingerprint density at radius 2 is 1.59 bits per heavy atom. The highest BCUT2D eigenvalue weighted by molar-refractivity contribution is 5.90. The molecule has 2 aromatic rings. The van der Waals surface area contributed by atoms with Gasteiger partial charge >= 0.3 is 11.9 Å². The van der Waals surface area contributed by atoms with Crippen LogP contribution in [0.1, 0.15) is 47.4 Å². The van der Waals surface area contributed by atoms with Gasteiger partial charge in [-0.25, -0.2) is 9.59 Å². The minimum absolute atomic E-state index is 0.188. The van der Waals surface area contributed by atoms with Crippen LogP contribution in [0.4, 0.5) is 0 Å². The first-order valence-electron chi connectivity index (χ1n) is 9.82. The fourth-order valence-corrected chi connectivity index (χ4v) is 3.73. The van der Waals surface area contributed by atoms with Gasteiger partial charge in [0.15, 0.2) is 5.60 Å². The Morgan fingerprint density at radius 1 is 1.03 bits per heavy atom. The molecule has 5 heteroatoms. The number of hydrogen-bond acceptors (Lipinski definition) is 5. The molecule has 2 unspecified atom stereocenters. The van der Waals surface area contributed by atoms with Gasteiger partial charge in [0.2, 0.25) is 6.29 Å². The molecule has 0 bridgehead atoms. The second kappa shape index (κ2) is 9.05. The second-order valence-corrected chi connectivity index (χ2v) is 7.18. The number of carbonyl (C=O) groups is 2. The monoisotopic (exact) mass is 394 g/mol. The average Bonchev–Trinajstić information content (AvgIpc) is 3.00. The van der Waals surface area contributed by atoms with Gasteiger partial charge < -0.3 is 14.2 Å². The molecule has 1 saturated heterocycles. The molecule has 0 radical (unpaired) electrons. The molecule has 5 nitrogen and oxygen atoms in total. The Kier molecular flexibility index (Phi) is 6.49. The Hall–Kier alpha value is -2.92. The number of hydrogen-bond donors (Lipinski definition) is 0. The highest BCUT2D eigenvalue weighted by Gasteiger charge is 2.58. The molecule has 1 aliphatic heterocycles. The van der Waals surface area contributed by atoms with Crippen molar-refractivity contribution in [2.24, 2.45) is 5.92 Å². The van der Waals surface area contributed by atoms with Gasteiger partial charge in [-0.3, -0.25) is 0 Å². The van der Waals surface area contributed by atoms with Crippen molar-refractivity contribution in [1.82, 2.24) is 0 Å². The lowest BCUT2D eigenvalue weighted by Gasteiger charge is -2.35. The van der Waals surface area contributed by atoms with E-state index in [1.807, 2.05) is 26.0 Å². The van der Waals surface area contributed by atoms with E-state index in [4.69, 9.17) is 14.2 Å². The average molecular weight is 394 g/mol. The summed E-state index contributed by atoms with van der Waals surface area (Å²) in [5.41, 5.74) is -0.318. The summed E-state index contributed by atoms with van der Waals surface area (Å²) in [5.74, 6) is -1.20. The lowest BCUT2D eigenvalue weighted by Crippen LogP contribution is -2.49. The van der Waals surface area contributed by atoms with E-state index in [0.717, 1.165) is 0 Å². The van der Waals surface area contributed by atoms with Crippen molar-refractivity contribution in [3.05, 3.63) is 84.4 Å². The van der Waals surface area contributed by atoms with Crippen LogP contribution in [0, 0.1) is 5.92 Å². The van der Waals surface area contributed by atoms with Crippen LogP contribution >= 0.6 is 0 Å². The largest absolute Gasteiger partial charge is 0.448 e. The summed E-state index contributed by atoms with van der Waals surface area (Å²) in [6.07, 6.45) is 1.42. The molecular weight excluding hydrogens is 368 g/mol. The smallest absolute Gasteiger partial charge is 0.340 e. The van der Waals surface area contributed by atoms with Crippen LogP contribution in [0.25, 0.3) is 0 Å². The summed E-state index contributed by atoms with van der Waals surface area (Å²) in [6.45, 7) is 7.76. The number of esters is 2. The summed E-state index contributed by atoms with van der Waals surface area (Å²) >= 11 is 0. The van der Waals surface area contributed by atoms with Gasteiger partial charge in [0.1, 0.15) is 0 Å². The fraction of sp³-hybridized carbons (Fsp3) is 0.333. The molecule has 0 amide bonds. The highest BCUT2D eigenvalue weighted by atomic mass is 16.7. The Morgan fingerprint density at radius 3 is 2.10 bits per heavy atom. The zero-order valence-corrected chi connectivity index (χ0v) is 16.7. The quantitative estimate of drug-likeness (QED) is 0.499. The Bertz CT molecular complexity index is 848. The van der Waals surface area contributed by atoms with Gasteiger partial charge in [-0.1, -0.05) is 56.3 Å². The lowest BCUT2D eigenvalue weighted by molar-refractivity contribution is -0.175. The zero-order valence-electron chi connectivity index (χ0n) is 16.7. The second-order valence-electron chi connectivity index (χ2n) is 7.18.